The van der Waals surface area contributed by atoms with E-state index in [0.29, 0.717) is 24.1 Å². The molecular weight excluding hydrogens is 392 g/mol. The molecule has 1 fully saturated rings. The van der Waals surface area contributed by atoms with Gasteiger partial charge >= 0.3 is 0 Å². The van der Waals surface area contributed by atoms with Crippen LogP contribution in [0.4, 0.5) is 0 Å². The molecule has 0 bridgehead atoms. The zero-order valence-corrected chi connectivity index (χ0v) is 17.9. The number of hydrogen-bond donors (Lipinski definition) is 1. The van der Waals surface area contributed by atoms with Gasteiger partial charge in [0, 0.05) is 48.6 Å². The van der Waals surface area contributed by atoms with Gasteiger partial charge in [-0.25, -0.2) is 0 Å². The molecular formula is C24H26N4O3. The number of rotatable bonds is 6. The Balaban J connectivity index is 1.85. The lowest BCUT2D eigenvalue weighted by molar-refractivity contribution is -0.139. The third-order valence-electron chi connectivity index (χ3n) is 5.70. The zero-order valence-electron chi connectivity index (χ0n) is 17.9. The minimum Gasteiger partial charge on any atom is -0.507 e. The Morgan fingerprint density at radius 1 is 1.16 bits per heavy atom. The number of amides is 1. The van der Waals surface area contributed by atoms with Crippen molar-refractivity contribution in [1.82, 2.24) is 19.4 Å². The second-order valence-corrected chi connectivity index (χ2v) is 8.11. The first kappa shape index (κ1) is 20.8. The minimum atomic E-state index is -0.671. The van der Waals surface area contributed by atoms with Gasteiger partial charge in [-0.2, -0.15) is 0 Å². The van der Waals surface area contributed by atoms with E-state index in [-0.39, 0.29) is 11.3 Å². The number of ketones is 1. The third kappa shape index (κ3) is 3.72. The number of likely N-dealkylation sites (tertiary alicyclic amines) is 1. The number of aryl methyl sites for hydroxylation is 1. The minimum absolute atomic E-state index is 0.110. The van der Waals surface area contributed by atoms with E-state index in [1.54, 1.807) is 29.6 Å². The highest BCUT2D eigenvalue weighted by molar-refractivity contribution is 6.46. The Morgan fingerprint density at radius 3 is 2.65 bits per heavy atom. The molecule has 1 aromatic carbocycles. The molecule has 1 unspecified atom stereocenters. The summed E-state index contributed by atoms with van der Waals surface area (Å²) in [6.07, 6.45) is 5.79. The van der Waals surface area contributed by atoms with Crippen LogP contribution in [0.25, 0.3) is 16.7 Å². The van der Waals surface area contributed by atoms with E-state index >= 15 is 0 Å². The maximum Gasteiger partial charge on any atom is 0.295 e. The highest BCUT2D eigenvalue weighted by Crippen LogP contribution is 2.40. The van der Waals surface area contributed by atoms with Gasteiger partial charge < -0.3 is 19.5 Å². The fourth-order valence-electron chi connectivity index (χ4n) is 4.23. The molecule has 3 heterocycles. The molecule has 1 amide bonds. The van der Waals surface area contributed by atoms with E-state index in [4.69, 9.17) is 0 Å². The number of aliphatic hydroxyl groups excluding tert-OH is 1. The van der Waals surface area contributed by atoms with Crippen molar-refractivity contribution in [3.8, 4) is 0 Å². The number of aromatic nitrogens is 2. The van der Waals surface area contributed by atoms with Crippen molar-refractivity contribution in [2.75, 3.05) is 27.2 Å². The number of hydrogen-bond acceptors (Lipinski definition) is 5. The molecule has 2 aromatic heterocycles. The molecule has 0 radical (unpaired) electrons. The number of para-hydroxylation sites is 1. The average molecular weight is 418 g/mol. The molecule has 0 spiro atoms. The lowest BCUT2D eigenvalue weighted by atomic mass is 9.96. The summed E-state index contributed by atoms with van der Waals surface area (Å²) < 4.78 is 1.90. The maximum absolute atomic E-state index is 13.1. The van der Waals surface area contributed by atoms with Crippen molar-refractivity contribution in [1.29, 1.82) is 0 Å². The van der Waals surface area contributed by atoms with Crippen molar-refractivity contribution in [2.24, 2.45) is 7.05 Å². The second kappa shape index (κ2) is 8.35. The third-order valence-corrected chi connectivity index (χ3v) is 5.70. The van der Waals surface area contributed by atoms with Gasteiger partial charge in [0.05, 0.1) is 11.6 Å². The zero-order chi connectivity index (χ0) is 22.1. The lowest BCUT2D eigenvalue weighted by Gasteiger charge is -2.25. The van der Waals surface area contributed by atoms with Gasteiger partial charge in [0.15, 0.2) is 0 Å². The molecule has 1 atom stereocenters. The summed E-state index contributed by atoms with van der Waals surface area (Å²) in [5.74, 6) is -1.40. The molecule has 31 heavy (non-hydrogen) atoms. The van der Waals surface area contributed by atoms with Crippen molar-refractivity contribution in [2.45, 2.75) is 12.5 Å². The molecule has 1 aliphatic rings. The first-order chi connectivity index (χ1) is 14.9. The first-order valence-electron chi connectivity index (χ1n) is 10.3. The summed E-state index contributed by atoms with van der Waals surface area (Å²) in [6.45, 7) is 1.20. The van der Waals surface area contributed by atoms with E-state index in [1.807, 2.05) is 60.9 Å². The number of aliphatic hydroxyl groups is 1. The maximum atomic E-state index is 13.1. The molecule has 0 saturated carbocycles. The number of carbonyl (C=O) groups is 2. The number of fused-ring (bicyclic) bond motifs is 1. The smallest absolute Gasteiger partial charge is 0.295 e. The molecule has 0 aliphatic carbocycles. The summed E-state index contributed by atoms with van der Waals surface area (Å²) in [5.41, 5.74) is 2.29. The van der Waals surface area contributed by atoms with Gasteiger partial charge in [-0.05, 0) is 44.8 Å². The van der Waals surface area contributed by atoms with Crippen molar-refractivity contribution >= 4 is 28.4 Å². The van der Waals surface area contributed by atoms with Crippen LogP contribution in [0.2, 0.25) is 0 Å². The number of carbonyl (C=O) groups excluding carboxylic acids is 2. The molecule has 3 aromatic rings. The molecule has 1 N–H and O–H groups in total. The number of pyridine rings is 1. The van der Waals surface area contributed by atoms with Crippen LogP contribution in [0.1, 0.15) is 23.6 Å². The van der Waals surface area contributed by atoms with Crippen LogP contribution in [0.15, 0.2) is 60.6 Å². The van der Waals surface area contributed by atoms with Crippen LogP contribution >= 0.6 is 0 Å². The van der Waals surface area contributed by atoms with E-state index < -0.39 is 17.7 Å². The van der Waals surface area contributed by atoms with Crippen LogP contribution in [0.5, 0.6) is 0 Å². The van der Waals surface area contributed by atoms with Crippen LogP contribution in [0.3, 0.4) is 0 Å². The Hall–Kier alpha value is -3.45. The largest absolute Gasteiger partial charge is 0.507 e. The number of Topliss-reactive ketones (excluding diaryl/α,β-unsaturated/α-hetero) is 1. The van der Waals surface area contributed by atoms with Crippen molar-refractivity contribution in [3.05, 3.63) is 71.7 Å². The van der Waals surface area contributed by atoms with Crippen molar-refractivity contribution in [3.63, 3.8) is 0 Å². The highest BCUT2D eigenvalue weighted by atomic mass is 16.3. The predicted molar refractivity (Wildman–Crippen MR) is 119 cm³/mol. The van der Waals surface area contributed by atoms with E-state index in [2.05, 4.69) is 4.98 Å². The van der Waals surface area contributed by atoms with Crippen LogP contribution in [-0.4, -0.2) is 63.3 Å². The summed E-state index contributed by atoms with van der Waals surface area (Å²) in [6, 6.07) is 10.6. The quantitative estimate of drug-likeness (QED) is 0.378. The Kier molecular flexibility index (Phi) is 5.61. The standard InChI is InChI=1S/C24H26N4O3/c1-26(2)12-7-13-28-21(16-8-6-11-25-14-16)20(23(30)24(28)31)22(29)18-15-27(3)19-10-5-4-9-17(18)19/h4-6,8-11,14-15,21,29H,7,12-13H2,1-3H3/b22-20+. The average Bonchev–Trinajstić information content (AvgIpc) is 3.23. The summed E-state index contributed by atoms with van der Waals surface area (Å²) >= 11 is 0. The van der Waals surface area contributed by atoms with Crippen LogP contribution < -0.4 is 0 Å². The topological polar surface area (TPSA) is 78.7 Å². The molecule has 7 heteroatoms. The summed E-state index contributed by atoms with van der Waals surface area (Å²) in [7, 11) is 5.82. The Morgan fingerprint density at radius 2 is 1.94 bits per heavy atom. The fraction of sp³-hybridized carbons (Fsp3) is 0.292. The number of nitrogens with zero attached hydrogens (tertiary/aromatic N) is 4. The molecule has 1 aliphatic heterocycles. The van der Waals surface area contributed by atoms with E-state index in [9.17, 15) is 14.7 Å². The van der Waals surface area contributed by atoms with Gasteiger partial charge in [-0.3, -0.25) is 14.6 Å². The fourth-order valence-corrected chi connectivity index (χ4v) is 4.23. The summed E-state index contributed by atoms with van der Waals surface area (Å²) in [5, 5.41) is 12.1. The normalized spacial score (nSPS) is 18.5. The molecule has 1 saturated heterocycles. The Labute approximate surface area is 181 Å². The van der Waals surface area contributed by atoms with Crippen LogP contribution in [0, 0.1) is 0 Å². The van der Waals surface area contributed by atoms with Gasteiger partial charge in [-0.1, -0.05) is 24.3 Å². The number of benzene rings is 1. The van der Waals surface area contributed by atoms with Gasteiger partial charge in [0.1, 0.15) is 5.76 Å². The molecule has 160 valence electrons. The molecule has 7 nitrogen and oxygen atoms in total. The van der Waals surface area contributed by atoms with E-state index in [1.165, 1.54) is 0 Å². The first-order valence-corrected chi connectivity index (χ1v) is 10.3. The monoisotopic (exact) mass is 418 g/mol. The summed E-state index contributed by atoms with van der Waals surface area (Å²) in [4.78, 5) is 33.8. The molecule has 4 rings (SSSR count). The lowest BCUT2D eigenvalue weighted by Crippen LogP contribution is -2.32. The van der Waals surface area contributed by atoms with Crippen molar-refractivity contribution < 1.29 is 14.7 Å². The van der Waals surface area contributed by atoms with Gasteiger partial charge in [0.25, 0.3) is 11.7 Å². The van der Waals surface area contributed by atoms with Gasteiger partial charge in [-0.15, -0.1) is 0 Å². The van der Waals surface area contributed by atoms with Gasteiger partial charge in [0.2, 0.25) is 0 Å². The van der Waals surface area contributed by atoms with E-state index in [0.717, 1.165) is 17.4 Å². The SMILES string of the molecule is CN(C)CCCN1C(=O)C(=O)/C(=C(/O)c2cn(C)c3ccccc23)C1c1cccnc1. The predicted octanol–water partition coefficient (Wildman–Crippen LogP) is 2.95. The Bertz CT molecular complexity index is 1160. The second-order valence-electron chi connectivity index (χ2n) is 8.11. The highest BCUT2D eigenvalue weighted by Gasteiger charge is 2.46. The van der Waals surface area contributed by atoms with Crippen LogP contribution in [-0.2, 0) is 16.6 Å².